The van der Waals surface area contributed by atoms with Gasteiger partial charge in [-0.2, -0.15) is 0 Å². The number of nitrogens with one attached hydrogen (secondary N) is 1. The summed E-state index contributed by atoms with van der Waals surface area (Å²) < 4.78 is 11.8. The third-order valence-electron chi connectivity index (χ3n) is 8.35. The first-order valence-corrected chi connectivity index (χ1v) is 16.3. The second-order valence-electron chi connectivity index (χ2n) is 12.1. The maximum absolute atomic E-state index is 13.8. The van der Waals surface area contributed by atoms with Crippen molar-refractivity contribution in [3.05, 3.63) is 82.4 Å². The average molecular weight is 652 g/mol. The molecule has 2 amide bonds. The van der Waals surface area contributed by atoms with Gasteiger partial charge in [-0.1, -0.05) is 43.0 Å². The zero-order valence-electron chi connectivity index (χ0n) is 27.2. The number of amides is 2. The molecule has 46 heavy (non-hydrogen) atoms. The molecule has 1 atom stereocenters. The van der Waals surface area contributed by atoms with Gasteiger partial charge >= 0.3 is 6.09 Å². The number of rotatable bonds is 10. The number of hydrogen-bond acceptors (Lipinski definition) is 6. The molecular weight excluding hydrogens is 606 g/mol. The number of aliphatic hydroxyl groups is 1. The number of benzene rings is 3. The first kappa shape index (κ1) is 34.9. The molecule has 3 aromatic carbocycles. The number of carbonyl (C=O) groups is 2. The topological polar surface area (TPSA) is 112 Å². The van der Waals surface area contributed by atoms with Crippen molar-refractivity contribution in [2.45, 2.75) is 64.5 Å². The summed E-state index contributed by atoms with van der Waals surface area (Å²) in [5, 5.41) is 18.4. The van der Waals surface area contributed by atoms with Crippen molar-refractivity contribution in [1.82, 2.24) is 5.32 Å². The fraction of sp³-hybridized carbons (Fsp3) is 0.444. The van der Waals surface area contributed by atoms with Crippen LogP contribution in [0.4, 0.5) is 16.2 Å². The molecule has 1 heterocycles. The SMILES string of the molecule is COc1cc2c(cc1OC(C)C)[C@H](c1ccc(Cl)cc1)N(c1ccc(N(C)CC3CCCCC3)cc1)C(=O)C2.O=C(O)NCCO. The quantitative estimate of drug-likeness (QED) is 0.215. The number of carbonyl (C=O) groups excluding carboxylic acids is 1. The van der Waals surface area contributed by atoms with Crippen LogP contribution in [0.1, 0.15) is 68.7 Å². The maximum Gasteiger partial charge on any atom is 0.404 e. The van der Waals surface area contributed by atoms with Crippen LogP contribution in [0, 0.1) is 5.92 Å². The summed E-state index contributed by atoms with van der Waals surface area (Å²) in [7, 11) is 3.81. The third-order valence-corrected chi connectivity index (χ3v) is 8.60. The van der Waals surface area contributed by atoms with Crippen molar-refractivity contribution >= 4 is 35.0 Å². The van der Waals surface area contributed by atoms with E-state index in [4.69, 9.17) is 31.3 Å². The Morgan fingerprint density at radius 3 is 2.28 bits per heavy atom. The first-order valence-electron chi connectivity index (χ1n) is 15.9. The number of aliphatic hydroxyl groups excluding tert-OH is 1. The average Bonchev–Trinajstić information content (AvgIpc) is 3.04. The molecular formula is C36H46ClN3O6. The van der Waals surface area contributed by atoms with Gasteiger partial charge in [0.05, 0.1) is 32.3 Å². The number of hydrogen-bond donors (Lipinski definition) is 3. The number of methoxy groups -OCH3 is 1. The van der Waals surface area contributed by atoms with Crippen LogP contribution in [0.2, 0.25) is 5.02 Å². The van der Waals surface area contributed by atoms with Gasteiger partial charge in [-0.05, 0) is 97.8 Å². The van der Waals surface area contributed by atoms with Gasteiger partial charge in [0, 0.05) is 36.5 Å². The van der Waals surface area contributed by atoms with E-state index in [2.05, 4.69) is 36.2 Å². The molecule has 10 heteroatoms. The van der Waals surface area contributed by atoms with Crippen LogP contribution >= 0.6 is 11.6 Å². The molecule has 0 radical (unpaired) electrons. The number of carboxylic acid groups (broad SMARTS) is 1. The molecule has 1 saturated carbocycles. The Balaban J connectivity index is 0.000000617. The van der Waals surface area contributed by atoms with Crippen molar-refractivity contribution in [2.24, 2.45) is 5.92 Å². The highest BCUT2D eigenvalue weighted by atomic mass is 35.5. The highest BCUT2D eigenvalue weighted by molar-refractivity contribution is 6.30. The second-order valence-corrected chi connectivity index (χ2v) is 12.6. The highest BCUT2D eigenvalue weighted by Gasteiger charge is 2.36. The number of nitrogens with zero attached hydrogens (tertiary/aromatic N) is 2. The predicted octanol–water partition coefficient (Wildman–Crippen LogP) is 7.08. The van der Waals surface area contributed by atoms with E-state index in [-0.39, 0.29) is 31.2 Å². The Bertz CT molecular complexity index is 1440. The molecule has 0 aromatic heterocycles. The van der Waals surface area contributed by atoms with Crippen LogP contribution in [0.15, 0.2) is 60.7 Å². The van der Waals surface area contributed by atoms with Crippen LogP contribution < -0.4 is 24.6 Å². The highest BCUT2D eigenvalue weighted by Crippen LogP contribution is 2.44. The van der Waals surface area contributed by atoms with Crippen LogP contribution in [0.25, 0.3) is 0 Å². The molecule has 0 spiro atoms. The molecule has 1 aliphatic carbocycles. The Morgan fingerprint density at radius 1 is 1.04 bits per heavy atom. The summed E-state index contributed by atoms with van der Waals surface area (Å²) in [5.41, 5.74) is 5.03. The Labute approximate surface area is 277 Å². The molecule has 248 valence electrons. The van der Waals surface area contributed by atoms with Crippen LogP contribution in [-0.2, 0) is 11.2 Å². The van der Waals surface area contributed by atoms with Gasteiger partial charge in [0.15, 0.2) is 11.5 Å². The molecule has 9 nitrogen and oxygen atoms in total. The van der Waals surface area contributed by atoms with Crippen LogP contribution in [-0.4, -0.2) is 62.2 Å². The van der Waals surface area contributed by atoms with Gasteiger partial charge in [-0.3, -0.25) is 4.79 Å². The van der Waals surface area contributed by atoms with E-state index in [1.807, 2.05) is 60.5 Å². The fourth-order valence-corrected chi connectivity index (χ4v) is 6.35. The van der Waals surface area contributed by atoms with Crippen molar-refractivity contribution in [2.75, 3.05) is 43.7 Å². The molecule has 0 saturated heterocycles. The molecule has 5 rings (SSSR count). The normalized spacial score (nSPS) is 16.3. The van der Waals surface area contributed by atoms with Crippen molar-refractivity contribution < 1.29 is 29.3 Å². The van der Waals surface area contributed by atoms with Gasteiger partial charge in [-0.15, -0.1) is 0 Å². The van der Waals surface area contributed by atoms with Crippen LogP contribution in [0.3, 0.4) is 0 Å². The van der Waals surface area contributed by atoms with E-state index in [1.165, 1.54) is 37.8 Å². The summed E-state index contributed by atoms with van der Waals surface area (Å²) >= 11 is 6.25. The summed E-state index contributed by atoms with van der Waals surface area (Å²) in [6.07, 6.45) is 5.88. The lowest BCUT2D eigenvalue weighted by Gasteiger charge is -2.38. The Hall–Kier alpha value is -3.95. The summed E-state index contributed by atoms with van der Waals surface area (Å²) in [5.74, 6) is 2.13. The van der Waals surface area contributed by atoms with Gasteiger partial charge in [0.25, 0.3) is 0 Å². The molecule has 2 aliphatic rings. The number of fused-ring (bicyclic) bond motifs is 1. The van der Waals surface area contributed by atoms with Gasteiger partial charge in [0.2, 0.25) is 5.91 Å². The first-order chi connectivity index (χ1) is 22.1. The lowest BCUT2D eigenvalue weighted by atomic mass is 9.86. The molecule has 3 aromatic rings. The van der Waals surface area contributed by atoms with Crippen molar-refractivity contribution in [1.29, 1.82) is 0 Å². The lowest BCUT2D eigenvalue weighted by molar-refractivity contribution is -0.118. The largest absolute Gasteiger partial charge is 0.493 e. The lowest BCUT2D eigenvalue weighted by Crippen LogP contribution is -2.41. The monoisotopic (exact) mass is 651 g/mol. The standard InChI is InChI=1S/C33H39ClN2O3.C3H7NO3/c1-22(2)39-31-20-29-25(18-30(31)38-4)19-32(37)36(33(29)24-10-12-26(34)13-11-24)28-16-14-27(15-17-28)35(3)21-23-8-6-5-7-9-23;5-2-1-4-3(6)7/h10-18,20,22-23,33H,5-9,19,21H2,1-4H3;4-5H,1-2H2,(H,6,7)/t33-;/m0./s1. The smallest absolute Gasteiger partial charge is 0.404 e. The van der Waals surface area contributed by atoms with Crippen molar-refractivity contribution in [3.8, 4) is 11.5 Å². The summed E-state index contributed by atoms with van der Waals surface area (Å²) in [6.45, 7) is 5.03. The number of anilines is 2. The van der Waals surface area contributed by atoms with E-state index in [0.29, 0.717) is 22.9 Å². The summed E-state index contributed by atoms with van der Waals surface area (Å²) in [6, 6.07) is 19.9. The van der Waals surface area contributed by atoms with E-state index in [1.54, 1.807) is 7.11 Å². The second kappa shape index (κ2) is 16.6. The number of ether oxygens (including phenoxy) is 2. The van der Waals surface area contributed by atoms with Gasteiger partial charge in [-0.25, -0.2) is 4.79 Å². The molecule has 0 bridgehead atoms. The van der Waals surface area contributed by atoms with E-state index in [9.17, 15) is 9.59 Å². The maximum atomic E-state index is 13.8. The zero-order chi connectivity index (χ0) is 33.2. The Kier molecular flexibility index (Phi) is 12.6. The van der Waals surface area contributed by atoms with E-state index in [0.717, 1.165) is 34.8 Å². The van der Waals surface area contributed by atoms with Gasteiger partial charge < -0.3 is 34.8 Å². The minimum Gasteiger partial charge on any atom is -0.493 e. The minimum atomic E-state index is -1.10. The predicted molar refractivity (Wildman–Crippen MR) is 183 cm³/mol. The molecule has 0 unspecified atom stereocenters. The van der Waals surface area contributed by atoms with E-state index >= 15 is 0 Å². The van der Waals surface area contributed by atoms with Gasteiger partial charge in [0.1, 0.15) is 0 Å². The fourth-order valence-electron chi connectivity index (χ4n) is 6.22. The third kappa shape index (κ3) is 9.07. The van der Waals surface area contributed by atoms with Crippen molar-refractivity contribution in [3.63, 3.8) is 0 Å². The molecule has 1 fully saturated rings. The van der Waals surface area contributed by atoms with E-state index < -0.39 is 6.09 Å². The zero-order valence-corrected chi connectivity index (χ0v) is 27.9. The Morgan fingerprint density at radius 2 is 1.72 bits per heavy atom. The number of halogens is 1. The summed E-state index contributed by atoms with van der Waals surface area (Å²) in [4.78, 5) is 27.6. The minimum absolute atomic E-state index is 0.00889. The molecule has 3 N–H and O–H groups in total. The molecule has 1 aliphatic heterocycles. The van der Waals surface area contributed by atoms with Crippen LogP contribution in [0.5, 0.6) is 11.5 Å².